The maximum absolute atomic E-state index is 15.1. The van der Waals surface area contributed by atoms with Crippen molar-refractivity contribution >= 4 is 51.9 Å². The lowest BCUT2D eigenvalue weighted by molar-refractivity contribution is -0.137. The summed E-state index contributed by atoms with van der Waals surface area (Å²) in [4.78, 5) is 91.8. The van der Waals surface area contributed by atoms with Gasteiger partial charge in [-0.1, -0.05) is 55.7 Å². The fourth-order valence-corrected chi connectivity index (χ4v) is 11.7. The van der Waals surface area contributed by atoms with E-state index in [-0.39, 0.29) is 52.5 Å². The van der Waals surface area contributed by atoms with Gasteiger partial charge < -0.3 is 24.9 Å². The zero-order chi connectivity index (χ0) is 49.4. The molecule has 5 amide bonds. The Morgan fingerprint density at radius 3 is 2.17 bits per heavy atom. The van der Waals surface area contributed by atoms with Crippen molar-refractivity contribution in [2.75, 3.05) is 97.5 Å². The number of aromatic amines is 1. The normalized spacial score (nSPS) is 20.5. The molecule has 2 atom stereocenters. The lowest BCUT2D eigenvalue weighted by Gasteiger charge is -2.41. The molecule has 0 spiro atoms. The number of piperazine rings is 2. The van der Waals surface area contributed by atoms with E-state index in [0.29, 0.717) is 98.8 Å². The molecule has 378 valence electrons. The van der Waals surface area contributed by atoms with Gasteiger partial charge in [-0.3, -0.25) is 38.6 Å². The molecule has 3 aromatic carbocycles. The molecule has 4 aromatic rings. The van der Waals surface area contributed by atoms with Gasteiger partial charge >= 0.3 is 0 Å². The number of benzene rings is 3. The predicted octanol–water partition coefficient (Wildman–Crippen LogP) is 5.12. The number of halogens is 2. The third-order valence-corrected chi connectivity index (χ3v) is 16.0. The van der Waals surface area contributed by atoms with Crippen molar-refractivity contribution in [2.45, 2.75) is 76.2 Å². The molecule has 1 saturated carbocycles. The van der Waals surface area contributed by atoms with Crippen LogP contribution in [-0.4, -0.2) is 173 Å². The maximum Gasteiger partial charge on any atom is 0.272 e. The van der Waals surface area contributed by atoms with Gasteiger partial charge in [0.05, 0.1) is 23.2 Å². The number of amides is 5. The molecule has 4 saturated heterocycles. The first-order chi connectivity index (χ1) is 34.5. The Labute approximate surface area is 420 Å². The van der Waals surface area contributed by atoms with Crippen LogP contribution in [0.4, 0.5) is 4.39 Å². The first-order valence-electron chi connectivity index (χ1n) is 25.8. The molecule has 0 radical (unpaired) electrons. The van der Waals surface area contributed by atoms with Gasteiger partial charge in [-0.2, -0.15) is 5.10 Å². The van der Waals surface area contributed by atoms with E-state index in [2.05, 4.69) is 25.3 Å². The second kappa shape index (κ2) is 23.2. The van der Waals surface area contributed by atoms with Crippen LogP contribution in [0.25, 0.3) is 10.8 Å². The summed E-state index contributed by atoms with van der Waals surface area (Å²) in [6.45, 7) is 8.39. The van der Waals surface area contributed by atoms with E-state index < -0.39 is 17.8 Å². The van der Waals surface area contributed by atoms with E-state index in [4.69, 9.17) is 11.6 Å². The van der Waals surface area contributed by atoms with Crippen LogP contribution < -0.4 is 10.9 Å². The molecule has 9 rings (SSSR count). The van der Waals surface area contributed by atoms with Crippen molar-refractivity contribution in [1.29, 1.82) is 0 Å². The summed E-state index contributed by atoms with van der Waals surface area (Å²) >= 11 is 5.86. The molecular weight excluding hydrogens is 925 g/mol. The first kappa shape index (κ1) is 50.2. The van der Waals surface area contributed by atoms with Crippen LogP contribution >= 0.6 is 11.6 Å². The summed E-state index contributed by atoms with van der Waals surface area (Å²) in [6, 6.07) is 18.7. The summed E-state index contributed by atoms with van der Waals surface area (Å²) in [5.41, 5.74) is 2.57. The Bertz CT molecular complexity index is 2620. The van der Waals surface area contributed by atoms with E-state index >= 15 is 4.39 Å². The average molecular weight is 993 g/mol. The monoisotopic (exact) mass is 991 g/mol. The number of likely N-dealkylation sites (tertiary alicyclic amines) is 2. The predicted molar refractivity (Wildman–Crippen MR) is 270 cm³/mol. The van der Waals surface area contributed by atoms with Crippen molar-refractivity contribution < 1.29 is 28.4 Å². The largest absolute Gasteiger partial charge is 0.341 e. The summed E-state index contributed by atoms with van der Waals surface area (Å²) in [7, 11) is 0. The number of H-pyrrole nitrogens is 1. The van der Waals surface area contributed by atoms with Gasteiger partial charge in [0.15, 0.2) is 0 Å². The van der Waals surface area contributed by atoms with Gasteiger partial charge in [0.2, 0.25) is 17.7 Å². The number of nitrogens with zero attached hydrogens (tertiary/aromatic N) is 7. The molecule has 2 N–H and O–H groups in total. The second-order valence-electron chi connectivity index (χ2n) is 20.3. The molecule has 1 aliphatic carbocycles. The summed E-state index contributed by atoms with van der Waals surface area (Å²) < 4.78 is 15.1. The van der Waals surface area contributed by atoms with Gasteiger partial charge in [-0.25, -0.2) is 9.49 Å². The third kappa shape index (κ3) is 12.1. The van der Waals surface area contributed by atoms with Gasteiger partial charge in [-0.05, 0) is 105 Å². The minimum Gasteiger partial charge on any atom is -0.341 e. The quantitative estimate of drug-likeness (QED) is 0.173. The molecule has 71 heavy (non-hydrogen) atoms. The Morgan fingerprint density at radius 2 is 1.42 bits per heavy atom. The number of alkyl halides is 1. The molecule has 4 aliphatic heterocycles. The second-order valence-corrected chi connectivity index (χ2v) is 20.6. The Kier molecular flexibility index (Phi) is 16.4. The number of rotatable bonds is 13. The van der Waals surface area contributed by atoms with Crippen molar-refractivity contribution in [3.63, 3.8) is 0 Å². The standard InChI is InChI=1S/C54H67ClFN9O6/c55-33-48(66)65-19-7-12-42(35-65)40-10-6-11-41(32-40)51(68)57-50(39-8-2-1-3-9-39)54(71)64-24-22-61(23-25-64)34-37-17-20-60(21-18-37)36-49(67)62-26-28-63(29-27-62)53(70)45-30-38(15-16-46(45)56)31-47-43-13-4-5-14-44(43)52(69)59-58-47/h4-6,10-11,13-16,30,32,37,39,42,50H,1-3,7-9,12,17-29,31,33-36H2,(H,57,68)(H,59,69). The SMILES string of the molecule is O=C(NC(C(=O)N1CCN(CC2CCN(CC(=O)N3CCN(C(=O)c4cc(Cc5n[nH]c(=O)c6ccccc56)ccc4F)CC3)CC2)CC1)C1CCCCC1)c1cccc(C2CCCN(C(=O)CCl)C2)c1. The van der Waals surface area contributed by atoms with E-state index in [1.54, 1.807) is 34.1 Å². The number of carbonyl (C=O) groups excluding carboxylic acids is 5. The Hall–Kier alpha value is -5.71. The molecule has 5 heterocycles. The van der Waals surface area contributed by atoms with Gasteiger partial charge in [-0.15, -0.1) is 11.6 Å². The van der Waals surface area contributed by atoms with Crippen LogP contribution in [0.3, 0.4) is 0 Å². The van der Waals surface area contributed by atoms with Crippen molar-refractivity contribution in [3.05, 3.63) is 111 Å². The minimum atomic E-state index is -0.607. The van der Waals surface area contributed by atoms with E-state index in [1.807, 2.05) is 46.2 Å². The highest BCUT2D eigenvalue weighted by Crippen LogP contribution is 2.31. The summed E-state index contributed by atoms with van der Waals surface area (Å²) in [5, 5.41) is 11.2. The van der Waals surface area contributed by atoms with Gasteiger partial charge in [0.1, 0.15) is 17.7 Å². The number of aromatic nitrogens is 2. The van der Waals surface area contributed by atoms with Gasteiger partial charge in [0, 0.05) is 95.3 Å². The van der Waals surface area contributed by atoms with Crippen LogP contribution in [0.15, 0.2) is 71.5 Å². The van der Waals surface area contributed by atoms with Crippen LogP contribution in [0, 0.1) is 17.7 Å². The van der Waals surface area contributed by atoms with Crippen LogP contribution in [0.2, 0.25) is 0 Å². The molecule has 17 heteroatoms. The summed E-state index contributed by atoms with van der Waals surface area (Å²) in [6.07, 6.45) is 9.19. The molecule has 2 unspecified atom stereocenters. The summed E-state index contributed by atoms with van der Waals surface area (Å²) in [5.74, 6) is -0.581. The fraction of sp³-hybridized carbons (Fsp3) is 0.537. The van der Waals surface area contributed by atoms with Crippen molar-refractivity contribution in [3.8, 4) is 0 Å². The highest BCUT2D eigenvalue weighted by atomic mass is 35.5. The number of fused-ring (bicyclic) bond motifs is 1. The molecule has 5 fully saturated rings. The van der Waals surface area contributed by atoms with Gasteiger partial charge in [0.25, 0.3) is 17.4 Å². The molecule has 1 aromatic heterocycles. The number of hydrogen-bond donors (Lipinski definition) is 2. The topological polar surface area (TPSA) is 163 Å². The number of piperidine rings is 2. The Balaban J connectivity index is 0.707. The van der Waals surface area contributed by atoms with Crippen LogP contribution in [0.5, 0.6) is 0 Å². The lowest BCUT2D eigenvalue weighted by atomic mass is 9.83. The number of hydrogen-bond acceptors (Lipinski definition) is 9. The highest BCUT2D eigenvalue weighted by molar-refractivity contribution is 6.27. The molecule has 0 bridgehead atoms. The first-order valence-corrected chi connectivity index (χ1v) is 26.3. The van der Waals surface area contributed by atoms with E-state index in [0.717, 1.165) is 96.1 Å². The molecule has 5 aliphatic rings. The van der Waals surface area contributed by atoms with E-state index in [1.165, 1.54) is 6.07 Å². The van der Waals surface area contributed by atoms with E-state index in [9.17, 15) is 28.8 Å². The van der Waals surface area contributed by atoms with Crippen LogP contribution in [0.1, 0.15) is 101 Å². The zero-order valence-electron chi connectivity index (χ0n) is 40.7. The minimum absolute atomic E-state index is 0.0147. The molecule has 15 nitrogen and oxygen atoms in total. The lowest BCUT2D eigenvalue weighted by Crippen LogP contribution is -2.57. The smallest absolute Gasteiger partial charge is 0.272 e. The number of nitrogens with one attached hydrogen (secondary N) is 2. The zero-order valence-corrected chi connectivity index (χ0v) is 41.4. The maximum atomic E-state index is 15.1. The highest BCUT2D eigenvalue weighted by Gasteiger charge is 2.36. The Morgan fingerprint density at radius 1 is 0.704 bits per heavy atom. The molecular formula is C54H67ClFN9O6. The third-order valence-electron chi connectivity index (χ3n) is 15.8. The fourth-order valence-electron chi connectivity index (χ4n) is 11.6. The van der Waals surface area contributed by atoms with Crippen LogP contribution in [-0.2, 0) is 20.8 Å². The van der Waals surface area contributed by atoms with Crippen molar-refractivity contribution in [1.82, 2.24) is 44.9 Å². The van der Waals surface area contributed by atoms with Crippen molar-refractivity contribution in [2.24, 2.45) is 11.8 Å². The average Bonchev–Trinajstić information content (AvgIpc) is 3.42. The number of carbonyl (C=O) groups is 5.